The summed E-state index contributed by atoms with van der Waals surface area (Å²) in [6.45, 7) is 2.14. The van der Waals surface area contributed by atoms with Crippen LogP contribution in [0.4, 0.5) is 5.69 Å². The normalized spacial score (nSPS) is 12.8. The number of halogens is 1. The van der Waals surface area contributed by atoms with Crippen LogP contribution in [0.3, 0.4) is 0 Å². The predicted molar refractivity (Wildman–Crippen MR) is 60.8 cm³/mol. The molecule has 1 aromatic rings. The van der Waals surface area contributed by atoms with Crippen LogP contribution in [0, 0.1) is 0 Å². The van der Waals surface area contributed by atoms with Crippen molar-refractivity contribution in [1.29, 1.82) is 0 Å². The van der Waals surface area contributed by atoms with E-state index in [0.717, 1.165) is 16.6 Å². The van der Waals surface area contributed by atoms with Gasteiger partial charge in [-0.2, -0.15) is 0 Å². The van der Waals surface area contributed by atoms with Crippen LogP contribution < -0.4 is 11.1 Å². The van der Waals surface area contributed by atoms with Crippen molar-refractivity contribution in [2.24, 2.45) is 0 Å². The molecule has 2 nitrogen and oxygen atoms in total. The highest BCUT2D eigenvalue weighted by Crippen LogP contribution is 2.19. The highest BCUT2D eigenvalue weighted by molar-refractivity contribution is 9.10. The smallest absolute Gasteiger partial charge is 0.0358 e. The molecule has 0 aliphatic heterocycles. The number of rotatable bonds is 3. The van der Waals surface area contributed by atoms with E-state index in [2.05, 4.69) is 34.2 Å². The second kappa shape index (κ2) is 4.63. The van der Waals surface area contributed by atoms with Crippen molar-refractivity contribution >= 4 is 21.6 Å². The molecule has 0 heterocycles. The van der Waals surface area contributed by atoms with Gasteiger partial charge in [0.25, 0.3) is 0 Å². The standard InChI is InChI=1S/C10H15BrN2/c1-7(13-2)5-8-3-4-9(11)6-10(8)12/h3-4,6-7,13H,5,12H2,1-2H3. The summed E-state index contributed by atoms with van der Waals surface area (Å²) in [7, 11) is 1.96. The number of nitrogens with one attached hydrogen (secondary N) is 1. The molecule has 0 bridgehead atoms. The SMILES string of the molecule is CNC(C)Cc1ccc(Br)cc1N. The number of nitrogens with two attached hydrogens (primary N) is 1. The maximum atomic E-state index is 5.87. The van der Waals surface area contributed by atoms with Crippen molar-refractivity contribution < 1.29 is 0 Å². The van der Waals surface area contributed by atoms with Gasteiger partial charge in [0.05, 0.1) is 0 Å². The molecule has 3 N–H and O–H groups in total. The third-order valence-corrected chi connectivity index (χ3v) is 2.62. The van der Waals surface area contributed by atoms with Crippen LogP contribution in [0.15, 0.2) is 22.7 Å². The number of benzene rings is 1. The molecular formula is C10H15BrN2. The Balaban J connectivity index is 2.77. The van der Waals surface area contributed by atoms with E-state index in [1.165, 1.54) is 5.56 Å². The van der Waals surface area contributed by atoms with Crippen LogP contribution >= 0.6 is 15.9 Å². The van der Waals surface area contributed by atoms with Gasteiger partial charge in [-0.15, -0.1) is 0 Å². The molecule has 13 heavy (non-hydrogen) atoms. The zero-order valence-electron chi connectivity index (χ0n) is 7.97. The molecule has 0 aromatic heterocycles. The first kappa shape index (κ1) is 10.5. The largest absolute Gasteiger partial charge is 0.398 e. The van der Waals surface area contributed by atoms with Gasteiger partial charge in [0.1, 0.15) is 0 Å². The summed E-state index contributed by atoms with van der Waals surface area (Å²) < 4.78 is 1.03. The molecule has 0 saturated heterocycles. The lowest BCUT2D eigenvalue weighted by atomic mass is 10.1. The lowest BCUT2D eigenvalue weighted by molar-refractivity contribution is 0.609. The molecule has 3 heteroatoms. The molecular weight excluding hydrogens is 228 g/mol. The fourth-order valence-corrected chi connectivity index (χ4v) is 1.56. The van der Waals surface area contributed by atoms with Gasteiger partial charge in [-0.25, -0.2) is 0 Å². The topological polar surface area (TPSA) is 38.0 Å². The Bertz CT molecular complexity index is 286. The second-order valence-electron chi connectivity index (χ2n) is 3.24. The van der Waals surface area contributed by atoms with Gasteiger partial charge in [-0.1, -0.05) is 22.0 Å². The Hall–Kier alpha value is -0.540. The summed E-state index contributed by atoms with van der Waals surface area (Å²) in [5.74, 6) is 0. The Kier molecular flexibility index (Phi) is 3.75. The molecule has 0 fully saturated rings. The van der Waals surface area contributed by atoms with Gasteiger partial charge in [-0.3, -0.25) is 0 Å². The van der Waals surface area contributed by atoms with Crippen LogP contribution in [0.5, 0.6) is 0 Å². The Morgan fingerprint density at radius 3 is 2.77 bits per heavy atom. The van der Waals surface area contributed by atoms with Gasteiger partial charge < -0.3 is 11.1 Å². The average Bonchev–Trinajstić information content (AvgIpc) is 2.09. The van der Waals surface area contributed by atoms with Gasteiger partial charge >= 0.3 is 0 Å². The minimum Gasteiger partial charge on any atom is -0.398 e. The first-order valence-corrected chi connectivity index (χ1v) is 5.14. The fourth-order valence-electron chi connectivity index (χ4n) is 1.18. The van der Waals surface area contributed by atoms with Crippen molar-refractivity contribution in [2.45, 2.75) is 19.4 Å². The van der Waals surface area contributed by atoms with Crippen molar-refractivity contribution in [2.75, 3.05) is 12.8 Å². The van der Waals surface area contributed by atoms with Crippen molar-refractivity contribution in [3.05, 3.63) is 28.2 Å². The van der Waals surface area contributed by atoms with Crippen molar-refractivity contribution in [3.8, 4) is 0 Å². The zero-order chi connectivity index (χ0) is 9.84. The van der Waals surface area contributed by atoms with Gasteiger partial charge in [0.2, 0.25) is 0 Å². The quantitative estimate of drug-likeness (QED) is 0.798. The van der Waals surface area contributed by atoms with E-state index in [1.807, 2.05) is 19.2 Å². The van der Waals surface area contributed by atoms with Crippen LogP contribution in [0.25, 0.3) is 0 Å². The van der Waals surface area contributed by atoms with E-state index >= 15 is 0 Å². The lowest BCUT2D eigenvalue weighted by Gasteiger charge is -2.11. The third kappa shape index (κ3) is 3.01. The number of anilines is 1. The summed E-state index contributed by atoms with van der Waals surface area (Å²) in [5, 5.41) is 3.19. The molecule has 0 aliphatic rings. The molecule has 0 amide bonds. The number of nitrogen functional groups attached to an aromatic ring is 1. The second-order valence-corrected chi connectivity index (χ2v) is 4.15. The Morgan fingerprint density at radius 1 is 1.54 bits per heavy atom. The van der Waals surface area contributed by atoms with E-state index in [1.54, 1.807) is 0 Å². The van der Waals surface area contributed by atoms with Gasteiger partial charge in [0, 0.05) is 16.2 Å². The minimum absolute atomic E-state index is 0.462. The first-order chi connectivity index (χ1) is 6.13. The molecule has 1 atom stereocenters. The van der Waals surface area contributed by atoms with E-state index in [9.17, 15) is 0 Å². The summed E-state index contributed by atoms with van der Waals surface area (Å²) in [6, 6.07) is 6.49. The predicted octanol–water partition coefficient (Wildman–Crippen LogP) is 2.18. The average molecular weight is 243 g/mol. The summed E-state index contributed by atoms with van der Waals surface area (Å²) in [6.07, 6.45) is 0.968. The molecule has 0 radical (unpaired) electrons. The lowest BCUT2D eigenvalue weighted by Crippen LogP contribution is -2.23. The van der Waals surface area contributed by atoms with Crippen LogP contribution in [-0.2, 0) is 6.42 Å². The minimum atomic E-state index is 0.462. The van der Waals surface area contributed by atoms with Crippen LogP contribution in [0.1, 0.15) is 12.5 Å². The van der Waals surface area contributed by atoms with Crippen LogP contribution in [0.2, 0.25) is 0 Å². The Labute approximate surface area is 87.6 Å². The number of hydrogen-bond donors (Lipinski definition) is 2. The maximum Gasteiger partial charge on any atom is 0.0358 e. The van der Waals surface area contributed by atoms with Crippen molar-refractivity contribution in [1.82, 2.24) is 5.32 Å². The molecule has 0 aliphatic carbocycles. The molecule has 1 aromatic carbocycles. The monoisotopic (exact) mass is 242 g/mol. The molecule has 72 valence electrons. The molecule has 0 saturated carbocycles. The van der Waals surface area contributed by atoms with E-state index in [4.69, 9.17) is 5.73 Å². The number of hydrogen-bond acceptors (Lipinski definition) is 2. The Morgan fingerprint density at radius 2 is 2.23 bits per heavy atom. The summed E-state index contributed by atoms with van der Waals surface area (Å²) >= 11 is 3.38. The summed E-state index contributed by atoms with van der Waals surface area (Å²) in [5.41, 5.74) is 7.92. The van der Waals surface area contributed by atoms with Gasteiger partial charge in [0.15, 0.2) is 0 Å². The molecule has 1 rings (SSSR count). The van der Waals surface area contributed by atoms with E-state index in [0.29, 0.717) is 6.04 Å². The molecule has 0 spiro atoms. The maximum absolute atomic E-state index is 5.87. The first-order valence-electron chi connectivity index (χ1n) is 4.34. The van der Waals surface area contributed by atoms with Crippen LogP contribution in [-0.4, -0.2) is 13.1 Å². The van der Waals surface area contributed by atoms with Gasteiger partial charge in [-0.05, 0) is 38.1 Å². The highest BCUT2D eigenvalue weighted by Gasteiger charge is 2.03. The molecule has 1 unspecified atom stereocenters. The number of likely N-dealkylation sites (N-methyl/N-ethyl adjacent to an activating group) is 1. The fraction of sp³-hybridized carbons (Fsp3) is 0.400. The van der Waals surface area contributed by atoms with E-state index < -0.39 is 0 Å². The van der Waals surface area contributed by atoms with E-state index in [-0.39, 0.29) is 0 Å². The zero-order valence-corrected chi connectivity index (χ0v) is 9.56. The van der Waals surface area contributed by atoms with Crippen molar-refractivity contribution in [3.63, 3.8) is 0 Å². The highest BCUT2D eigenvalue weighted by atomic mass is 79.9. The third-order valence-electron chi connectivity index (χ3n) is 2.13. The summed E-state index contributed by atoms with van der Waals surface area (Å²) in [4.78, 5) is 0.